The highest BCUT2D eigenvalue weighted by Gasteiger charge is 2.42. The van der Waals surface area contributed by atoms with Crippen LogP contribution in [0.5, 0.6) is 5.75 Å². The van der Waals surface area contributed by atoms with Crippen molar-refractivity contribution in [2.45, 2.75) is 57.7 Å². The predicted octanol–water partition coefficient (Wildman–Crippen LogP) is 1.75. The zero-order chi connectivity index (χ0) is 17.5. The quantitative estimate of drug-likeness (QED) is 0.782. The zero-order valence-corrected chi connectivity index (χ0v) is 15.3. The van der Waals surface area contributed by atoms with E-state index < -0.39 is 0 Å². The Morgan fingerprint density at radius 3 is 2.92 bits per heavy atom. The molecule has 1 aromatic carbocycles. The molecule has 136 valence electrons. The number of nitrogens with one attached hydrogen (secondary N) is 3. The molecule has 3 aliphatic heterocycles. The maximum absolute atomic E-state index is 12.6. The molecule has 1 unspecified atom stereocenters. The number of ether oxygens (including phenoxy) is 1. The van der Waals surface area contributed by atoms with Gasteiger partial charge >= 0.3 is 0 Å². The van der Waals surface area contributed by atoms with Crippen LogP contribution in [0, 0.1) is 5.41 Å². The summed E-state index contributed by atoms with van der Waals surface area (Å²) in [6.07, 6.45) is 4.23. The minimum Gasteiger partial charge on any atom is -0.487 e. The summed E-state index contributed by atoms with van der Waals surface area (Å²) in [7, 11) is 0. The minimum atomic E-state index is -0.124. The summed E-state index contributed by atoms with van der Waals surface area (Å²) in [6.45, 7) is 7.91. The van der Waals surface area contributed by atoms with Gasteiger partial charge in [-0.1, -0.05) is 12.1 Å². The van der Waals surface area contributed by atoms with Crippen LogP contribution in [0.2, 0.25) is 0 Å². The van der Waals surface area contributed by atoms with E-state index in [2.05, 4.69) is 41.9 Å². The lowest BCUT2D eigenvalue weighted by Crippen LogP contribution is -2.40. The van der Waals surface area contributed by atoms with E-state index in [0.29, 0.717) is 12.0 Å². The zero-order valence-electron chi connectivity index (χ0n) is 15.3. The molecule has 0 aliphatic carbocycles. The summed E-state index contributed by atoms with van der Waals surface area (Å²) >= 11 is 0. The SMILES string of the molecule is CC1(C)Cc2cc(CNC(=O)C3CC4(CCNCC4)CN3)ccc2O1. The van der Waals surface area contributed by atoms with Crippen LogP contribution in [-0.4, -0.2) is 37.2 Å². The highest BCUT2D eigenvalue weighted by atomic mass is 16.5. The second-order valence-corrected chi connectivity index (χ2v) is 8.59. The number of fused-ring (bicyclic) bond motifs is 1. The first-order chi connectivity index (χ1) is 11.9. The Bertz CT molecular complexity index is 665. The van der Waals surface area contributed by atoms with Gasteiger partial charge in [-0.25, -0.2) is 0 Å². The lowest BCUT2D eigenvalue weighted by Gasteiger charge is -2.33. The second kappa shape index (κ2) is 6.29. The summed E-state index contributed by atoms with van der Waals surface area (Å²) in [5.74, 6) is 1.11. The lowest BCUT2D eigenvalue weighted by atomic mass is 9.77. The first-order valence-corrected chi connectivity index (χ1v) is 9.48. The third kappa shape index (κ3) is 3.53. The molecule has 3 N–H and O–H groups in total. The molecule has 25 heavy (non-hydrogen) atoms. The number of carbonyl (C=O) groups is 1. The van der Waals surface area contributed by atoms with Crippen LogP contribution in [0.15, 0.2) is 18.2 Å². The van der Waals surface area contributed by atoms with Crippen molar-refractivity contribution in [2.24, 2.45) is 5.41 Å². The van der Waals surface area contributed by atoms with Gasteiger partial charge in [0, 0.05) is 19.5 Å². The van der Waals surface area contributed by atoms with E-state index in [9.17, 15) is 4.79 Å². The van der Waals surface area contributed by atoms with Crippen LogP contribution < -0.4 is 20.7 Å². The fourth-order valence-corrected chi connectivity index (χ4v) is 4.53. The fraction of sp³-hybridized carbons (Fsp3) is 0.650. The van der Waals surface area contributed by atoms with Crippen molar-refractivity contribution in [3.8, 4) is 5.75 Å². The molecule has 0 saturated carbocycles. The Morgan fingerprint density at radius 2 is 2.12 bits per heavy atom. The van der Waals surface area contributed by atoms with E-state index in [0.717, 1.165) is 43.8 Å². The van der Waals surface area contributed by atoms with Crippen molar-refractivity contribution in [1.29, 1.82) is 0 Å². The topological polar surface area (TPSA) is 62.4 Å². The number of hydrogen-bond acceptors (Lipinski definition) is 4. The van der Waals surface area contributed by atoms with Crippen molar-refractivity contribution in [1.82, 2.24) is 16.0 Å². The maximum atomic E-state index is 12.6. The Kier molecular flexibility index (Phi) is 4.24. The highest BCUT2D eigenvalue weighted by Crippen LogP contribution is 2.37. The average molecular weight is 343 g/mol. The van der Waals surface area contributed by atoms with Crippen LogP contribution in [0.4, 0.5) is 0 Å². The molecule has 0 radical (unpaired) electrons. The second-order valence-electron chi connectivity index (χ2n) is 8.59. The average Bonchev–Trinajstić information content (AvgIpc) is 3.12. The van der Waals surface area contributed by atoms with Crippen LogP contribution >= 0.6 is 0 Å². The van der Waals surface area contributed by atoms with E-state index in [1.807, 2.05) is 6.07 Å². The molecule has 1 atom stereocenters. The monoisotopic (exact) mass is 343 g/mol. The highest BCUT2D eigenvalue weighted by molar-refractivity contribution is 5.82. The number of piperidine rings is 1. The number of rotatable bonds is 3. The Hall–Kier alpha value is -1.59. The third-order valence-electron chi connectivity index (χ3n) is 5.94. The van der Waals surface area contributed by atoms with Crippen molar-refractivity contribution in [3.63, 3.8) is 0 Å². The van der Waals surface area contributed by atoms with Crippen LogP contribution in [0.25, 0.3) is 0 Å². The van der Waals surface area contributed by atoms with Crippen LogP contribution in [-0.2, 0) is 17.8 Å². The van der Waals surface area contributed by atoms with Crippen molar-refractivity contribution >= 4 is 5.91 Å². The van der Waals surface area contributed by atoms with Gasteiger partial charge in [0.1, 0.15) is 11.4 Å². The van der Waals surface area contributed by atoms with Crippen LogP contribution in [0.3, 0.4) is 0 Å². The number of hydrogen-bond donors (Lipinski definition) is 3. The summed E-state index contributed by atoms with van der Waals surface area (Å²) < 4.78 is 5.92. The molecule has 5 nitrogen and oxygen atoms in total. The molecule has 5 heteroatoms. The molecule has 1 amide bonds. The predicted molar refractivity (Wildman–Crippen MR) is 97.6 cm³/mol. The molecule has 0 bridgehead atoms. The minimum absolute atomic E-state index is 0.0465. The molecule has 3 aliphatic rings. The van der Waals surface area contributed by atoms with Gasteiger partial charge in [-0.3, -0.25) is 4.79 Å². The van der Waals surface area contributed by atoms with E-state index >= 15 is 0 Å². The van der Waals surface area contributed by atoms with Gasteiger partial charge in [-0.05, 0) is 68.8 Å². The van der Waals surface area contributed by atoms with Gasteiger partial charge in [0.05, 0.1) is 6.04 Å². The van der Waals surface area contributed by atoms with Crippen molar-refractivity contribution in [3.05, 3.63) is 29.3 Å². The molecule has 3 heterocycles. The normalized spacial score (nSPS) is 26.2. The molecule has 2 fully saturated rings. The largest absolute Gasteiger partial charge is 0.487 e. The van der Waals surface area contributed by atoms with E-state index in [1.165, 1.54) is 18.4 Å². The number of carbonyl (C=O) groups excluding carboxylic acids is 1. The Balaban J connectivity index is 1.33. The molecule has 4 rings (SSSR count). The lowest BCUT2D eigenvalue weighted by molar-refractivity contribution is -0.123. The Morgan fingerprint density at radius 1 is 1.32 bits per heavy atom. The first kappa shape index (κ1) is 16.9. The molecule has 2 saturated heterocycles. The van der Waals surface area contributed by atoms with Gasteiger partial charge in [0.15, 0.2) is 0 Å². The third-order valence-corrected chi connectivity index (χ3v) is 5.94. The summed E-state index contributed by atoms with van der Waals surface area (Å²) in [6, 6.07) is 6.20. The first-order valence-electron chi connectivity index (χ1n) is 9.48. The van der Waals surface area contributed by atoms with Gasteiger partial charge in [-0.15, -0.1) is 0 Å². The maximum Gasteiger partial charge on any atom is 0.237 e. The van der Waals surface area contributed by atoms with Crippen molar-refractivity contribution < 1.29 is 9.53 Å². The molecule has 0 aromatic heterocycles. The van der Waals surface area contributed by atoms with Crippen LogP contribution in [0.1, 0.15) is 44.2 Å². The standard InChI is InChI=1S/C20H29N3O2/c1-19(2)10-15-9-14(3-4-17(15)25-19)12-22-18(24)16-11-20(13-23-16)5-7-21-8-6-20/h3-4,9,16,21,23H,5-8,10-13H2,1-2H3,(H,22,24). The van der Waals surface area contributed by atoms with Crippen molar-refractivity contribution in [2.75, 3.05) is 19.6 Å². The fourth-order valence-electron chi connectivity index (χ4n) is 4.53. The van der Waals surface area contributed by atoms with Gasteiger partial charge in [-0.2, -0.15) is 0 Å². The summed E-state index contributed by atoms with van der Waals surface area (Å²) in [5, 5.41) is 9.98. The van der Waals surface area contributed by atoms with E-state index in [-0.39, 0.29) is 17.6 Å². The van der Waals surface area contributed by atoms with Gasteiger partial charge in [0.25, 0.3) is 0 Å². The number of amides is 1. The number of benzene rings is 1. The van der Waals surface area contributed by atoms with Gasteiger partial charge < -0.3 is 20.7 Å². The molecular formula is C20H29N3O2. The van der Waals surface area contributed by atoms with Gasteiger partial charge in [0.2, 0.25) is 5.91 Å². The summed E-state index contributed by atoms with van der Waals surface area (Å²) in [5.41, 5.74) is 2.58. The molecular weight excluding hydrogens is 314 g/mol. The molecule has 1 spiro atoms. The summed E-state index contributed by atoms with van der Waals surface area (Å²) in [4.78, 5) is 12.6. The smallest absolute Gasteiger partial charge is 0.237 e. The van der Waals surface area contributed by atoms with E-state index in [4.69, 9.17) is 4.74 Å². The Labute approximate surface area is 149 Å². The van der Waals surface area contributed by atoms with E-state index in [1.54, 1.807) is 0 Å². The molecule has 1 aromatic rings.